The van der Waals surface area contributed by atoms with E-state index in [0.29, 0.717) is 19.5 Å². The third-order valence-corrected chi connectivity index (χ3v) is 4.10. The van der Waals surface area contributed by atoms with Gasteiger partial charge in [0.1, 0.15) is 5.60 Å². The molecule has 0 saturated carbocycles. The summed E-state index contributed by atoms with van der Waals surface area (Å²) in [4.78, 5) is 25.5. The van der Waals surface area contributed by atoms with E-state index in [-0.39, 0.29) is 33.1 Å². The van der Waals surface area contributed by atoms with Crippen molar-refractivity contribution in [3.05, 3.63) is 35.4 Å². The summed E-state index contributed by atoms with van der Waals surface area (Å²) in [5.74, 6) is -1.54. The molecule has 0 aliphatic carbocycles. The van der Waals surface area contributed by atoms with E-state index in [1.165, 1.54) is 0 Å². The monoisotopic (exact) mass is 502 g/mol. The van der Waals surface area contributed by atoms with E-state index in [1.54, 1.807) is 11.0 Å². The maximum Gasteiger partial charge on any atom is 0.410 e. The summed E-state index contributed by atoms with van der Waals surface area (Å²) in [6, 6.07) is 8.53. The second kappa shape index (κ2) is 8.15. The van der Waals surface area contributed by atoms with E-state index >= 15 is 0 Å². The van der Waals surface area contributed by atoms with E-state index in [9.17, 15) is 14.7 Å². The van der Waals surface area contributed by atoms with Crippen LogP contribution in [0.4, 0.5) is 4.79 Å². The van der Waals surface area contributed by atoms with Crippen LogP contribution in [0.25, 0.3) is 0 Å². The van der Waals surface area contributed by atoms with Crippen molar-refractivity contribution in [3.8, 4) is 0 Å². The Morgan fingerprint density at radius 3 is 2.58 bits per heavy atom. The Morgan fingerprint density at radius 2 is 2.04 bits per heavy atom. The van der Waals surface area contributed by atoms with Gasteiger partial charge in [0.15, 0.2) is 0 Å². The molecule has 0 radical (unpaired) electrons. The van der Waals surface area contributed by atoms with Crippen molar-refractivity contribution in [2.24, 2.45) is 5.92 Å². The number of hydrogen-bond acceptors (Lipinski definition) is 3. The number of carbonyl (C=O) groups excluding carboxylic acids is 1. The fourth-order valence-corrected chi connectivity index (χ4v) is 3.00. The molecule has 1 heterocycles. The molecule has 1 amide bonds. The number of benzene rings is 1. The van der Waals surface area contributed by atoms with Crippen molar-refractivity contribution in [1.29, 1.82) is 0 Å². The van der Waals surface area contributed by atoms with E-state index in [2.05, 4.69) is 6.07 Å². The first-order valence-electron chi connectivity index (χ1n) is 7.86. The van der Waals surface area contributed by atoms with Crippen LogP contribution in [0.3, 0.4) is 0 Å². The summed E-state index contributed by atoms with van der Waals surface area (Å²) < 4.78 is 5.42. The zero-order chi connectivity index (χ0) is 17.2. The molecule has 5 nitrogen and oxygen atoms in total. The van der Waals surface area contributed by atoms with Gasteiger partial charge in [-0.25, -0.2) is 4.79 Å². The number of nitrogens with zero attached hydrogens (tertiary/aromatic N) is 1. The maximum absolute atomic E-state index is 12.3. The number of rotatable bonds is 2. The van der Waals surface area contributed by atoms with Gasteiger partial charge in [0.2, 0.25) is 0 Å². The van der Waals surface area contributed by atoms with Crippen LogP contribution in [0.15, 0.2) is 18.2 Å². The first-order valence-corrected chi connectivity index (χ1v) is 7.86. The van der Waals surface area contributed by atoms with Crippen LogP contribution in [-0.4, -0.2) is 40.8 Å². The number of likely N-dealkylation sites (tertiary alicyclic amines) is 1. The number of carboxylic acid groups (broad SMARTS) is 1. The van der Waals surface area contributed by atoms with Gasteiger partial charge in [0.05, 0.1) is 5.92 Å². The van der Waals surface area contributed by atoms with Crippen LogP contribution in [0, 0.1) is 18.9 Å². The smallest absolute Gasteiger partial charge is 0.410 e. The van der Waals surface area contributed by atoms with E-state index in [4.69, 9.17) is 4.74 Å². The van der Waals surface area contributed by atoms with Gasteiger partial charge in [-0.05, 0) is 33.1 Å². The van der Waals surface area contributed by atoms with E-state index < -0.39 is 17.5 Å². The van der Waals surface area contributed by atoms with E-state index in [0.717, 1.165) is 11.1 Å². The summed E-state index contributed by atoms with van der Waals surface area (Å²) in [5, 5.41) is 9.53. The van der Waals surface area contributed by atoms with Gasteiger partial charge in [-0.15, -0.1) is 5.56 Å². The van der Waals surface area contributed by atoms with Crippen LogP contribution in [-0.2, 0) is 30.6 Å². The van der Waals surface area contributed by atoms with Gasteiger partial charge in [0.25, 0.3) is 0 Å². The fourth-order valence-electron chi connectivity index (χ4n) is 3.00. The predicted molar refractivity (Wildman–Crippen MR) is 86.3 cm³/mol. The SMILES string of the molecule is Cc1c[c-]ccc1C1CN(C(=O)OC(C)(C)C)CCC1C(=O)O.[W]. The van der Waals surface area contributed by atoms with Gasteiger partial charge in [0, 0.05) is 34.2 Å². The minimum atomic E-state index is -0.814. The number of amides is 1. The van der Waals surface area contributed by atoms with Gasteiger partial charge >= 0.3 is 12.1 Å². The van der Waals surface area contributed by atoms with Crippen molar-refractivity contribution in [2.75, 3.05) is 13.1 Å². The molecule has 1 N–H and O–H groups in total. The Bertz CT molecular complexity index is 597. The third kappa shape index (κ3) is 5.07. The molecule has 2 rings (SSSR count). The van der Waals surface area contributed by atoms with Gasteiger partial charge in [-0.1, -0.05) is 6.92 Å². The quantitative estimate of drug-likeness (QED) is 0.632. The molecule has 0 spiro atoms. The first-order chi connectivity index (χ1) is 10.7. The standard InChI is InChI=1S/C18H24NO4.W/c1-12-7-5-6-8-13(12)15-11-19(10-9-14(15)16(20)21)17(22)23-18(2,3)4;/h6-8,14-15H,9-11H2,1-4H3,(H,20,21);/q-1;. The second-order valence-corrected chi connectivity index (χ2v) is 7.05. The first kappa shape index (κ1) is 20.7. The molecule has 1 aliphatic heterocycles. The average molecular weight is 502 g/mol. The average Bonchev–Trinajstić information content (AvgIpc) is 2.45. The van der Waals surface area contributed by atoms with Crippen molar-refractivity contribution in [2.45, 2.75) is 45.6 Å². The Hall–Kier alpha value is -1.35. The molecular formula is C18H24NO4W-. The van der Waals surface area contributed by atoms with Gasteiger partial charge in [-0.2, -0.15) is 29.8 Å². The molecule has 2 atom stereocenters. The van der Waals surface area contributed by atoms with Gasteiger partial charge < -0.3 is 14.7 Å². The van der Waals surface area contributed by atoms with Crippen LogP contribution in [0.5, 0.6) is 0 Å². The summed E-state index contributed by atoms with van der Waals surface area (Å²) >= 11 is 0. The summed E-state index contributed by atoms with van der Waals surface area (Å²) in [7, 11) is 0. The number of ether oxygens (including phenoxy) is 1. The summed E-state index contributed by atoms with van der Waals surface area (Å²) in [6.45, 7) is 8.17. The normalized spacial score (nSPS) is 20.9. The largest absolute Gasteiger partial charge is 0.481 e. The summed E-state index contributed by atoms with van der Waals surface area (Å²) in [6.07, 6.45) is 0.0450. The molecule has 0 aromatic heterocycles. The number of carboxylic acids is 1. The molecule has 0 bridgehead atoms. The van der Waals surface area contributed by atoms with Crippen molar-refractivity contribution in [3.63, 3.8) is 0 Å². The number of hydrogen-bond donors (Lipinski definition) is 1. The molecule has 6 heteroatoms. The number of carbonyl (C=O) groups is 2. The molecule has 1 aliphatic rings. The van der Waals surface area contributed by atoms with Gasteiger partial charge in [-0.3, -0.25) is 4.79 Å². The van der Waals surface area contributed by atoms with Crippen LogP contribution in [0.1, 0.15) is 44.2 Å². The van der Waals surface area contributed by atoms with Crippen molar-refractivity contribution < 1.29 is 40.5 Å². The van der Waals surface area contributed by atoms with E-state index in [1.807, 2.05) is 39.8 Å². The van der Waals surface area contributed by atoms with Crippen LogP contribution < -0.4 is 0 Å². The molecule has 1 aromatic rings. The van der Waals surface area contributed by atoms with Crippen LogP contribution in [0.2, 0.25) is 0 Å². The maximum atomic E-state index is 12.3. The molecule has 1 aromatic carbocycles. The minimum Gasteiger partial charge on any atom is -0.481 e. The second-order valence-electron chi connectivity index (χ2n) is 7.05. The number of aliphatic carboxylic acids is 1. The summed E-state index contributed by atoms with van der Waals surface area (Å²) in [5.41, 5.74) is 1.40. The minimum absolute atomic E-state index is 0. The topological polar surface area (TPSA) is 66.8 Å². The molecule has 1 fully saturated rings. The molecule has 24 heavy (non-hydrogen) atoms. The Balaban J connectivity index is 0.00000288. The Kier molecular flexibility index (Phi) is 7.03. The Morgan fingerprint density at radius 1 is 1.38 bits per heavy atom. The molecule has 2 unspecified atom stereocenters. The Labute approximate surface area is 157 Å². The molecule has 1 saturated heterocycles. The number of piperidine rings is 1. The molecule has 132 valence electrons. The fraction of sp³-hybridized carbons (Fsp3) is 0.556. The zero-order valence-electron chi connectivity index (χ0n) is 14.5. The van der Waals surface area contributed by atoms with Crippen LogP contribution >= 0.6 is 0 Å². The third-order valence-electron chi connectivity index (χ3n) is 4.10. The van der Waals surface area contributed by atoms with Crippen molar-refractivity contribution in [1.82, 2.24) is 4.90 Å². The molecular weight excluding hydrogens is 478 g/mol. The number of aryl methyl sites for hydroxylation is 1. The van der Waals surface area contributed by atoms with Crippen molar-refractivity contribution >= 4 is 12.1 Å². The predicted octanol–water partition coefficient (Wildman–Crippen LogP) is 3.22. The zero-order valence-corrected chi connectivity index (χ0v) is 17.5.